The second-order valence-corrected chi connectivity index (χ2v) is 7.79. The molecular formula is C23H21FN6. The first-order chi connectivity index (χ1) is 14.6. The molecule has 6 nitrogen and oxygen atoms in total. The third kappa shape index (κ3) is 3.11. The van der Waals surface area contributed by atoms with E-state index in [4.69, 9.17) is 5.26 Å². The van der Waals surface area contributed by atoms with E-state index in [1.165, 1.54) is 0 Å². The van der Waals surface area contributed by atoms with E-state index in [1.54, 1.807) is 4.68 Å². The molecule has 1 aromatic carbocycles. The highest BCUT2D eigenvalue weighted by atomic mass is 19.1. The summed E-state index contributed by atoms with van der Waals surface area (Å²) in [5.74, 6) is 0. The Morgan fingerprint density at radius 2 is 1.73 bits per heavy atom. The van der Waals surface area contributed by atoms with Crippen molar-refractivity contribution in [3.05, 3.63) is 61.2 Å². The summed E-state index contributed by atoms with van der Waals surface area (Å²) in [4.78, 5) is 2.15. The van der Waals surface area contributed by atoms with Gasteiger partial charge in [0.05, 0.1) is 23.6 Å². The van der Waals surface area contributed by atoms with Gasteiger partial charge in [-0.05, 0) is 23.3 Å². The number of hydrogen-bond acceptors (Lipinski definition) is 4. The molecule has 0 unspecified atom stereocenters. The van der Waals surface area contributed by atoms with E-state index in [2.05, 4.69) is 39.4 Å². The zero-order chi connectivity index (χ0) is 20.7. The zero-order valence-electron chi connectivity index (χ0n) is 16.7. The van der Waals surface area contributed by atoms with Crippen LogP contribution >= 0.6 is 0 Å². The molecule has 4 heterocycles. The highest BCUT2D eigenvalue weighted by molar-refractivity contribution is 5.90. The molecule has 1 aliphatic rings. The molecule has 0 bridgehead atoms. The maximum absolute atomic E-state index is 14.4. The van der Waals surface area contributed by atoms with Gasteiger partial charge in [0.15, 0.2) is 5.67 Å². The highest BCUT2D eigenvalue weighted by Crippen LogP contribution is 2.36. The average molecular weight is 400 g/mol. The van der Waals surface area contributed by atoms with E-state index < -0.39 is 5.67 Å². The predicted octanol–water partition coefficient (Wildman–Crippen LogP) is 4.23. The van der Waals surface area contributed by atoms with Gasteiger partial charge in [-0.15, -0.1) is 0 Å². The Labute approximate surface area is 173 Å². The van der Waals surface area contributed by atoms with Gasteiger partial charge in [-0.2, -0.15) is 15.5 Å². The molecule has 0 radical (unpaired) electrons. The van der Waals surface area contributed by atoms with Crippen molar-refractivity contribution < 1.29 is 4.39 Å². The fourth-order valence-electron chi connectivity index (χ4n) is 4.12. The maximum Gasteiger partial charge on any atom is 0.199 e. The first kappa shape index (κ1) is 18.4. The number of hydrogen-bond donors (Lipinski definition) is 0. The topological polar surface area (TPSA) is 62.1 Å². The van der Waals surface area contributed by atoms with Crippen LogP contribution in [0.25, 0.3) is 27.8 Å². The molecule has 0 amide bonds. The van der Waals surface area contributed by atoms with Crippen LogP contribution in [0.5, 0.6) is 0 Å². The summed E-state index contributed by atoms with van der Waals surface area (Å²) in [6.07, 6.45) is 8.07. The molecule has 0 aliphatic carbocycles. The average Bonchev–Trinajstić information content (AvgIpc) is 3.41. The standard InChI is InChI=1S/C23H21FN6/c1-28-15-19(13-26-28)17-4-6-18(7-5-17)20-14-27-30-10-2-3-21(22(20)30)29-11-8-23(24,16-25)9-12-29/h2-7,10,13-15H,8-9,11-12H2,1H3. The summed E-state index contributed by atoms with van der Waals surface area (Å²) in [6.45, 7) is 1.02. The van der Waals surface area contributed by atoms with Crippen LogP contribution in [0.1, 0.15) is 12.8 Å². The van der Waals surface area contributed by atoms with Gasteiger partial charge in [0.2, 0.25) is 0 Å². The van der Waals surface area contributed by atoms with E-state index >= 15 is 0 Å². The van der Waals surface area contributed by atoms with Gasteiger partial charge in [-0.1, -0.05) is 24.3 Å². The number of halogens is 1. The van der Waals surface area contributed by atoms with Crippen LogP contribution in [0.4, 0.5) is 10.1 Å². The van der Waals surface area contributed by atoms with Gasteiger partial charge >= 0.3 is 0 Å². The van der Waals surface area contributed by atoms with E-state index in [0.717, 1.165) is 33.5 Å². The third-order valence-electron chi connectivity index (χ3n) is 5.85. The Morgan fingerprint density at radius 1 is 1.00 bits per heavy atom. The Kier molecular flexibility index (Phi) is 4.28. The molecule has 1 aliphatic heterocycles. The Morgan fingerprint density at radius 3 is 2.40 bits per heavy atom. The summed E-state index contributed by atoms with van der Waals surface area (Å²) in [5.41, 5.74) is 4.57. The predicted molar refractivity (Wildman–Crippen MR) is 114 cm³/mol. The Bertz CT molecular complexity index is 1240. The molecule has 150 valence electrons. The minimum atomic E-state index is -1.72. The number of aromatic nitrogens is 4. The van der Waals surface area contributed by atoms with Gasteiger partial charge in [0, 0.05) is 56.5 Å². The largest absolute Gasteiger partial charge is 0.369 e. The molecule has 3 aromatic heterocycles. The van der Waals surface area contributed by atoms with E-state index in [-0.39, 0.29) is 12.8 Å². The van der Waals surface area contributed by atoms with Crippen molar-refractivity contribution in [2.24, 2.45) is 7.05 Å². The van der Waals surface area contributed by atoms with Crippen molar-refractivity contribution >= 4 is 11.2 Å². The van der Waals surface area contributed by atoms with Crippen molar-refractivity contribution in [1.29, 1.82) is 5.26 Å². The second-order valence-electron chi connectivity index (χ2n) is 7.79. The monoisotopic (exact) mass is 400 g/mol. The molecule has 30 heavy (non-hydrogen) atoms. The van der Waals surface area contributed by atoms with Crippen LogP contribution in [-0.2, 0) is 7.05 Å². The quantitative estimate of drug-likeness (QED) is 0.516. The SMILES string of the molecule is Cn1cc(-c2ccc(-c3cnn4cccc(N5CCC(F)(C#N)CC5)c34)cc2)cn1. The van der Waals surface area contributed by atoms with Crippen molar-refractivity contribution in [3.63, 3.8) is 0 Å². The number of fused-ring (bicyclic) bond motifs is 1. The van der Waals surface area contributed by atoms with Crippen molar-refractivity contribution in [2.75, 3.05) is 18.0 Å². The molecule has 0 atom stereocenters. The van der Waals surface area contributed by atoms with Crippen LogP contribution in [0, 0.1) is 11.3 Å². The third-order valence-corrected chi connectivity index (χ3v) is 5.85. The fourth-order valence-corrected chi connectivity index (χ4v) is 4.12. The van der Waals surface area contributed by atoms with Gasteiger partial charge < -0.3 is 4.90 Å². The van der Waals surface area contributed by atoms with Crippen LogP contribution in [0.2, 0.25) is 0 Å². The first-order valence-electron chi connectivity index (χ1n) is 9.97. The van der Waals surface area contributed by atoms with E-state index in [9.17, 15) is 4.39 Å². The summed E-state index contributed by atoms with van der Waals surface area (Å²) in [7, 11) is 1.91. The summed E-state index contributed by atoms with van der Waals surface area (Å²) in [5, 5.41) is 17.8. The first-order valence-corrected chi connectivity index (χ1v) is 9.97. The number of pyridine rings is 1. The number of nitrogens with zero attached hydrogens (tertiary/aromatic N) is 6. The smallest absolute Gasteiger partial charge is 0.199 e. The van der Waals surface area contributed by atoms with Crippen molar-refractivity contribution in [1.82, 2.24) is 19.4 Å². The summed E-state index contributed by atoms with van der Waals surface area (Å²) >= 11 is 0. The number of alkyl halides is 1. The maximum atomic E-state index is 14.4. The fraction of sp³-hybridized carbons (Fsp3) is 0.261. The molecule has 0 spiro atoms. The van der Waals surface area contributed by atoms with E-state index in [1.807, 2.05) is 54.6 Å². The van der Waals surface area contributed by atoms with E-state index in [0.29, 0.717) is 13.1 Å². The van der Waals surface area contributed by atoms with Crippen LogP contribution in [0.15, 0.2) is 61.2 Å². The molecule has 0 N–H and O–H groups in total. The molecule has 7 heteroatoms. The lowest BCUT2D eigenvalue weighted by molar-refractivity contribution is 0.193. The molecule has 5 rings (SSSR count). The van der Waals surface area contributed by atoms with Gasteiger partial charge in [0.25, 0.3) is 0 Å². The number of aryl methyl sites for hydroxylation is 1. The van der Waals surface area contributed by atoms with Crippen LogP contribution < -0.4 is 4.90 Å². The lowest BCUT2D eigenvalue weighted by Crippen LogP contribution is -2.41. The number of benzene rings is 1. The van der Waals surface area contributed by atoms with Crippen molar-refractivity contribution in [3.8, 4) is 28.3 Å². The lowest BCUT2D eigenvalue weighted by Gasteiger charge is -2.34. The zero-order valence-corrected chi connectivity index (χ0v) is 16.7. The normalized spacial score (nSPS) is 16.0. The number of rotatable bonds is 3. The number of nitriles is 1. The minimum absolute atomic E-state index is 0.216. The second kappa shape index (κ2) is 6.99. The minimum Gasteiger partial charge on any atom is -0.369 e. The molecule has 1 fully saturated rings. The summed E-state index contributed by atoms with van der Waals surface area (Å²) in [6, 6.07) is 14.2. The molecule has 0 saturated carbocycles. The van der Waals surface area contributed by atoms with Gasteiger partial charge in [-0.25, -0.2) is 8.91 Å². The number of piperidine rings is 1. The lowest BCUT2D eigenvalue weighted by atomic mass is 9.94. The molecule has 4 aromatic rings. The molecular weight excluding hydrogens is 379 g/mol. The Hall–Kier alpha value is -3.66. The highest BCUT2D eigenvalue weighted by Gasteiger charge is 2.35. The van der Waals surface area contributed by atoms with Gasteiger partial charge in [-0.3, -0.25) is 4.68 Å². The van der Waals surface area contributed by atoms with Crippen molar-refractivity contribution in [2.45, 2.75) is 18.5 Å². The molecule has 1 saturated heterocycles. The van der Waals surface area contributed by atoms with Gasteiger partial charge in [0.1, 0.15) is 6.07 Å². The Balaban J connectivity index is 1.51. The summed E-state index contributed by atoms with van der Waals surface area (Å²) < 4.78 is 18.0. The number of anilines is 1. The van der Waals surface area contributed by atoms with Crippen LogP contribution in [0.3, 0.4) is 0 Å². The van der Waals surface area contributed by atoms with Crippen LogP contribution in [-0.4, -0.2) is 38.2 Å².